The highest BCUT2D eigenvalue weighted by Gasteiger charge is 2.13. The van der Waals surface area contributed by atoms with Crippen molar-refractivity contribution in [1.82, 2.24) is 13.7 Å². The highest BCUT2D eigenvalue weighted by atomic mass is 32.1. The number of hydrogen-bond donors (Lipinski definition) is 1. The summed E-state index contributed by atoms with van der Waals surface area (Å²) < 4.78 is 8.61. The number of aryl methyl sites for hydroxylation is 2. The van der Waals surface area contributed by atoms with Crippen molar-refractivity contribution in [1.29, 1.82) is 0 Å². The number of carboxylic acids is 1. The first-order valence-electron chi connectivity index (χ1n) is 6.00. The van der Waals surface area contributed by atoms with Gasteiger partial charge in [0, 0.05) is 11.3 Å². The predicted octanol–water partition coefficient (Wildman–Crippen LogP) is 3.07. The third kappa shape index (κ3) is 2.04. The van der Waals surface area contributed by atoms with Crippen LogP contribution in [0.2, 0.25) is 0 Å². The summed E-state index contributed by atoms with van der Waals surface area (Å²) in [5.74, 6) is -1.03. The van der Waals surface area contributed by atoms with Crippen LogP contribution in [0.1, 0.15) is 21.7 Å². The van der Waals surface area contributed by atoms with Gasteiger partial charge in [0.25, 0.3) is 0 Å². The topological polar surface area (TPSA) is 76.0 Å². The second-order valence-corrected chi connectivity index (χ2v) is 5.11. The number of nitrogens with zero attached hydrogens (tertiary/aromatic N) is 3. The fourth-order valence-corrected chi connectivity index (χ4v) is 2.78. The first kappa shape index (κ1) is 12.7. The lowest BCUT2D eigenvalue weighted by atomic mass is 10.0. The van der Waals surface area contributed by atoms with Crippen LogP contribution in [0, 0.1) is 13.8 Å². The van der Waals surface area contributed by atoms with E-state index in [1.54, 1.807) is 13.0 Å². The Kier molecular flexibility index (Phi) is 2.94. The lowest BCUT2D eigenvalue weighted by Crippen LogP contribution is -2.02. The van der Waals surface area contributed by atoms with E-state index in [4.69, 9.17) is 5.11 Å². The van der Waals surface area contributed by atoms with Gasteiger partial charge < -0.3 is 5.11 Å². The first-order chi connectivity index (χ1) is 9.56. The Morgan fingerprint density at radius 3 is 2.65 bits per heavy atom. The van der Waals surface area contributed by atoms with Crippen LogP contribution in [0.15, 0.2) is 24.3 Å². The van der Waals surface area contributed by atoms with E-state index in [1.807, 2.05) is 25.1 Å². The fourth-order valence-electron chi connectivity index (χ4n) is 2.16. The minimum Gasteiger partial charge on any atom is -0.477 e. The van der Waals surface area contributed by atoms with Crippen LogP contribution in [-0.2, 0) is 0 Å². The summed E-state index contributed by atoms with van der Waals surface area (Å²) in [4.78, 5) is 15.1. The third-order valence-electron chi connectivity index (χ3n) is 3.10. The van der Waals surface area contributed by atoms with Crippen molar-refractivity contribution in [3.63, 3.8) is 0 Å². The van der Waals surface area contributed by atoms with Gasteiger partial charge >= 0.3 is 5.97 Å². The molecular weight excluding hydrogens is 274 g/mol. The molecule has 0 saturated carbocycles. The Hall–Kier alpha value is -2.34. The second kappa shape index (κ2) is 4.64. The third-order valence-corrected chi connectivity index (χ3v) is 3.63. The zero-order valence-electron chi connectivity index (χ0n) is 10.9. The largest absolute Gasteiger partial charge is 0.477 e. The minimum atomic E-state index is -1.03. The fraction of sp³-hybridized carbons (Fsp3) is 0.143. The Bertz CT molecular complexity index is 826. The van der Waals surface area contributed by atoms with Crippen molar-refractivity contribution < 1.29 is 9.90 Å². The minimum absolute atomic E-state index is 0.0388. The molecule has 5 nitrogen and oxygen atoms in total. The van der Waals surface area contributed by atoms with Crippen LogP contribution in [-0.4, -0.2) is 24.8 Å². The quantitative estimate of drug-likeness (QED) is 0.783. The lowest BCUT2D eigenvalue weighted by Gasteiger charge is -2.06. The van der Waals surface area contributed by atoms with Crippen molar-refractivity contribution in [2.24, 2.45) is 0 Å². The molecule has 6 heteroatoms. The van der Waals surface area contributed by atoms with Gasteiger partial charge in [0.15, 0.2) is 0 Å². The predicted molar refractivity (Wildman–Crippen MR) is 77.1 cm³/mol. The summed E-state index contributed by atoms with van der Waals surface area (Å²) in [5, 5.41) is 9.11. The monoisotopic (exact) mass is 285 g/mol. The molecule has 0 spiro atoms. The standard InChI is InChI=1S/C14H11N3O2S/c1-7-3-4-10(13-12(7)16-20-17-13)9-5-8(2)15-11(6-9)14(18)19/h3-6H,1-2H3,(H,18,19). The number of hydrogen-bond acceptors (Lipinski definition) is 5. The van der Waals surface area contributed by atoms with Crippen molar-refractivity contribution in [3.05, 3.63) is 41.2 Å². The normalized spacial score (nSPS) is 10.9. The van der Waals surface area contributed by atoms with Crippen LogP contribution >= 0.6 is 11.7 Å². The summed E-state index contributed by atoms with van der Waals surface area (Å²) in [6.07, 6.45) is 0. The molecule has 0 saturated heterocycles. The zero-order valence-corrected chi connectivity index (χ0v) is 11.7. The molecule has 0 radical (unpaired) electrons. The summed E-state index contributed by atoms with van der Waals surface area (Å²) in [6, 6.07) is 7.34. The Morgan fingerprint density at radius 2 is 1.90 bits per heavy atom. The van der Waals surface area contributed by atoms with Gasteiger partial charge in [0.2, 0.25) is 0 Å². The first-order valence-corrected chi connectivity index (χ1v) is 6.73. The molecule has 100 valence electrons. The molecule has 0 atom stereocenters. The molecule has 0 aliphatic heterocycles. The molecule has 0 bridgehead atoms. The van der Waals surface area contributed by atoms with Crippen molar-refractivity contribution >= 4 is 28.7 Å². The number of carbonyl (C=O) groups is 1. The molecule has 0 aliphatic carbocycles. The molecule has 3 aromatic rings. The van der Waals surface area contributed by atoms with E-state index in [1.165, 1.54) is 0 Å². The van der Waals surface area contributed by atoms with Gasteiger partial charge in [0.1, 0.15) is 16.7 Å². The van der Waals surface area contributed by atoms with Crippen molar-refractivity contribution in [3.8, 4) is 11.1 Å². The van der Waals surface area contributed by atoms with Gasteiger partial charge in [-0.25, -0.2) is 9.78 Å². The number of carboxylic acid groups (broad SMARTS) is 1. The summed E-state index contributed by atoms with van der Waals surface area (Å²) in [6.45, 7) is 3.76. The molecule has 0 aliphatic rings. The molecule has 20 heavy (non-hydrogen) atoms. The van der Waals surface area contributed by atoms with Crippen LogP contribution in [0.4, 0.5) is 0 Å². The number of aromatic nitrogens is 3. The number of fused-ring (bicyclic) bond motifs is 1. The molecule has 0 unspecified atom stereocenters. The van der Waals surface area contributed by atoms with Crippen LogP contribution in [0.5, 0.6) is 0 Å². The smallest absolute Gasteiger partial charge is 0.354 e. The summed E-state index contributed by atoms with van der Waals surface area (Å²) in [7, 11) is 0. The molecule has 1 aromatic carbocycles. The molecular formula is C14H11N3O2S. The molecule has 2 heterocycles. The zero-order chi connectivity index (χ0) is 14.3. The molecule has 0 fully saturated rings. The van der Waals surface area contributed by atoms with Crippen LogP contribution < -0.4 is 0 Å². The van der Waals surface area contributed by atoms with Gasteiger partial charge in [-0.1, -0.05) is 12.1 Å². The van der Waals surface area contributed by atoms with Crippen molar-refractivity contribution in [2.75, 3.05) is 0 Å². The molecule has 1 N–H and O–H groups in total. The summed E-state index contributed by atoms with van der Waals surface area (Å²) >= 11 is 1.16. The molecule has 3 rings (SSSR count). The lowest BCUT2D eigenvalue weighted by molar-refractivity contribution is 0.0690. The van der Waals surface area contributed by atoms with E-state index in [-0.39, 0.29) is 5.69 Å². The van der Waals surface area contributed by atoms with E-state index >= 15 is 0 Å². The van der Waals surface area contributed by atoms with E-state index in [0.29, 0.717) is 5.69 Å². The van der Waals surface area contributed by atoms with Gasteiger partial charge in [-0.2, -0.15) is 8.75 Å². The van der Waals surface area contributed by atoms with Crippen LogP contribution in [0.3, 0.4) is 0 Å². The summed E-state index contributed by atoms with van der Waals surface area (Å²) in [5.41, 5.74) is 5.10. The average molecular weight is 285 g/mol. The van der Waals surface area contributed by atoms with Crippen LogP contribution in [0.25, 0.3) is 22.2 Å². The maximum Gasteiger partial charge on any atom is 0.354 e. The number of aromatic carboxylic acids is 1. The van der Waals surface area contributed by atoms with E-state index < -0.39 is 5.97 Å². The number of benzene rings is 1. The number of pyridine rings is 1. The van der Waals surface area contributed by atoms with Gasteiger partial charge in [-0.15, -0.1) is 0 Å². The van der Waals surface area contributed by atoms with E-state index in [9.17, 15) is 4.79 Å². The SMILES string of the molecule is Cc1cc(-c2ccc(C)c3nsnc23)cc(C(=O)O)n1. The second-order valence-electron chi connectivity index (χ2n) is 4.58. The maximum atomic E-state index is 11.1. The molecule has 2 aromatic heterocycles. The molecule has 0 amide bonds. The average Bonchev–Trinajstić information content (AvgIpc) is 2.88. The number of rotatable bonds is 2. The van der Waals surface area contributed by atoms with Gasteiger partial charge in [-0.3, -0.25) is 0 Å². The Labute approximate surface area is 119 Å². The highest BCUT2D eigenvalue weighted by molar-refractivity contribution is 7.00. The van der Waals surface area contributed by atoms with E-state index in [2.05, 4.69) is 13.7 Å². The maximum absolute atomic E-state index is 11.1. The highest BCUT2D eigenvalue weighted by Crippen LogP contribution is 2.30. The van der Waals surface area contributed by atoms with Gasteiger partial charge in [0.05, 0.1) is 11.7 Å². The Balaban J connectivity index is 2.28. The Morgan fingerprint density at radius 1 is 1.15 bits per heavy atom. The van der Waals surface area contributed by atoms with Crippen molar-refractivity contribution in [2.45, 2.75) is 13.8 Å². The van der Waals surface area contributed by atoms with E-state index in [0.717, 1.165) is 39.5 Å². The van der Waals surface area contributed by atoms with Gasteiger partial charge in [-0.05, 0) is 37.1 Å².